The number of hydrogen-bond acceptors (Lipinski definition) is 8. The summed E-state index contributed by atoms with van der Waals surface area (Å²) in [7, 11) is 0. The van der Waals surface area contributed by atoms with Gasteiger partial charge in [0.15, 0.2) is 0 Å². The Kier molecular flexibility index (Phi) is 6.81. The highest BCUT2D eigenvalue weighted by Crippen LogP contribution is 2.36. The molecule has 1 aliphatic carbocycles. The SMILES string of the molecule is C=C(C)C(=O)O[C@@H]1C/C(C)=C\[C@H](OC(C)=O)C[C@](C)(O)C=C2OC(=O)C(CO)=C21. The lowest BCUT2D eigenvalue weighted by atomic mass is 9.89. The minimum Gasteiger partial charge on any atom is -0.458 e. The van der Waals surface area contributed by atoms with Crippen molar-refractivity contribution in [3.05, 3.63) is 46.8 Å². The predicted octanol–water partition coefficient (Wildman–Crippen LogP) is 1.63. The Hall–Kier alpha value is -2.71. The number of esters is 3. The van der Waals surface area contributed by atoms with Crippen LogP contribution in [0.4, 0.5) is 0 Å². The van der Waals surface area contributed by atoms with Crippen LogP contribution in [0.2, 0.25) is 0 Å². The van der Waals surface area contributed by atoms with E-state index in [1.165, 1.54) is 26.8 Å². The molecule has 2 aliphatic rings. The molecule has 0 aromatic heterocycles. The first-order chi connectivity index (χ1) is 13.4. The molecule has 1 heterocycles. The smallest absolute Gasteiger partial charge is 0.342 e. The molecule has 3 atom stereocenters. The number of ether oxygens (including phenoxy) is 3. The molecule has 0 saturated carbocycles. The van der Waals surface area contributed by atoms with Gasteiger partial charge in [0, 0.05) is 30.9 Å². The molecule has 0 unspecified atom stereocenters. The quantitative estimate of drug-likeness (QED) is 0.313. The number of aliphatic hydroxyl groups excluding tert-OH is 1. The molecule has 0 radical (unpaired) electrons. The van der Waals surface area contributed by atoms with Gasteiger partial charge in [-0.3, -0.25) is 4.79 Å². The molecule has 0 aromatic rings. The maximum Gasteiger partial charge on any atom is 0.342 e. The fraction of sp³-hybridized carbons (Fsp3) is 0.476. The van der Waals surface area contributed by atoms with E-state index in [2.05, 4.69) is 6.58 Å². The fourth-order valence-corrected chi connectivity index (χ4v) is 3.29. The van der Waals surface area contributed by atoms with Gasteiger partial charge in [0.1, 0.15) is 18.0 Å². The van der Waals surface area contributed by atoms with Crippen LogP contribution in [0.3, 0.4) is 0 Å². The molecular formula is C21H26O8. The van der Waals surface area contributed by atoms with Crippen LogP contribution in [0, 0.1) is 0 Å². The highest BCUT2D eigenvalue weighted by molar-refractivity contribution is 5.95. The van der Waals surface area contributed by atoms with Gasteiger partial charge in [0.05, 0.1) is 17.8 Å². The Bertz CT molecular complexity index is 828. The second kappa shape index (κ2) is 8.75. The Morgan fingerprint density at radius 3 is 2.55 bits per heavy atom. The number of carbonyl (C=O) groups excluding carboxylic acids is 3. The minimum absolute atomic E-state index is 0.000148. The van der Waals surface area contributed by atoms with E-state index in [9.17, 15) is 24.6 Å². The number of aliphatic hydroxyl groups is 2. The first-order valence-corrected chi connectivity index (χ1v) is 9.16. The average molecular weight is 406 g/mol. The molecule has 158 valence electrons. The highest BCUT2D eigenvalue weighted by Gasteiger charge is 2.39. The summed E-state index contributed by atoms with van der Waals surface area (Å²) in [6, 6.07) is 0. The normalized spacial score (nSPS) is 29.1. The van der Waals surface area contributed by atoms with Gasteiger partial charge >= 0.3 is 17.9 Å². The third kappa shape index (κ3) is 5.65. The largest absolute Gasteiger partial charge is 0.458 e. The standard InChI is InChI=1S/C21H26O8/c1-11(2)19(24)28-16-7-12(3)6-14(27-13(4)23)8-21(5,26)9-17-18(16)15(10-22)20(25)29-17/h6,9,14,16,22,26H,1,7-8,10H2,2-5H3/b12-6-,17-9?/t14-,16+,21-/m0/s1. The summed E-state index contributed by atoms with van der Waals surface area (Å²) in [5.41, 5.74) is -0.516. The van der Waals surface area contributed by atoms with Crippen molar-refractivity contribution >= 4 is 17.9 Å². The Morgan fingerprint density at radius 2 is 2.00 bits per heavy atom. The van der Waals surface area contributed by atoms with Crippen molar-refractivity contribution in [1.82, 2.24) is 0 Å². The van der Waals surface area contributed by atoms with Gasteiger partial charge in [0.25, 0.3) is 0 Å². The van der Waals surface area contributed by atoms with Gasteiger partial charge < -0.3 is 24.4 Å². The van der Waals surface area contributed by atoms with Crippen LogP contribution in [-0.2, 0) is 28.6 Å². The Labute approximate surface area is 169 Å². The lowest BCUT2D eigenvalue weighted by Gasteiger charge is -2.28. The molecule has 2 N–H and O–H groups in total. The van der Waals surface area contributed by atoms with Crippen LogP contribution in [0.1, 0.15) is 40.5 Å². The van der Waals surface area contributed by atoms with E-state index in [1.807, 2.05) is 0 Å². The third-order valence-corrected chi connectivity index (χ3v) is 4.47. The monoisotopic (exact) mass is 406 g/mol. The second-order valence-electron chi connectivity index (χ2n) is 7.55. The van der Waals surface area contributed by atoms with Crippen molar-refractivity contribution in [3.63, 3.8) is 0 Å². The zero-order chi connectivity index (χ0) is 21.9. The molecule has 8 heteroatoms. The zero-order valence-electron chi connectivity index (χ0n) is 17.0. The molecule has 0 bridgehead atoms. The second-order valence-corrected chi connectivity index (χ2v) is 7.55. The summed E-state index contributed by atoms with van der Waals surface area (Å²) in [6.45, 7) is 8.91. The highest BCUT2D eigenvalue weighted by atomic mass is 16.6. The molecule has 0 saturated heterocycles. The van der Waals surface area contributed by atoms with E-state index >= 15 is 0 Å². The number of hydrogen-bond donors (Lipinski definition) is 2. The number of fused-ring (bicyclic) bond motifs is 1. The fourth-order valence-electron chi connectivity index (χ4n) is 3.29. The summed E-state index contributed by atoms with van der Waals surface area (Å²) in [5.74, 6) is -1.97. The lowest BCUT2D eigenvalue weighted by molar-refractivity contribution is -0.145. The van der Waals surface area contributed by atoms with Crippen LogP contribution in [0.15, 0.2) is 46.8 Å². The van der Waals surface area contributed by atoms with Gasteiger partial charge in [-0.15, -0.1) is 0 Å². The van der Waals surface area contributed by atoms with Crippen LogP contribution in [0.25, 0.3) is 0 Å². The van der Waals surface area contributed by atoms with Crippen molar-refractivity contribution in [2.45, 2.75) is 58.3 Å². The zero-order valence-corrected chi connectivity index (χ0v) is 17.0. The molecular weight excluding hydrogens is 380 g/mol. The summed E-state index contributed by atoms with van der Waals surface area (Å²) in [6.07, 6.45) is 1.43. The van der Waals surface area contributed by atoms with Crippen LogP contribution in [-0.4, -0.2) is 52.5 Å². The summed E-state index contributed by atoms with van der Waals surface area (Å²) in [5, 5.41) is 20.5. The topological polar surface area (TPSA) is 119 Å². The number of rotatable bonds is 4. The van der Waals surface area contributed by atoms with E-state index < -0.39 is 42.3 Å². The molecule has 1 aliphatic heterocycles. The number of carbonyl (C=O) groups is 3. The molecule has 2 rings (SSSR count). The molecule has 0 fully saturated rings. The first-order valence-electron chi connectivity index (χ1n) is 9.16. The van der Waals surface area contributed by atoms with E-state index in [0.717, 1.165) is 0 Å². The van der Waals surface area contributed by atoms with Crippen molar-refractivity contribution < 1.29 is 38.8 Å². The van der Waals surface area contributed by atoms with Crippen molar-refractivity contribution in [3.8, 4) is 0 Å². The Morgan fingerprint density at radius 1 is 1.34 bits per heavy atom. The van der Waals surface area contributed by atoms with Crippen molar-refractivity contribution in [2.75, 3.05) is 6.61 Å². The van der Waals surface area contributed by atoms with E-state index in [0.29, 0.717) is 5.57 Å². The Balaban J connectivity index is 2.61. The van der Waals surface area contributed by atoms with Crippen LogP contribution in [0.5, 0.6) is 0 Å². The summed E-state index contributed by atoms with van der Waals surface area (Å²) < 4.78 is 16.0. The van der Waals surface area contributed by atoms with Gasteiger partial charge in [-0.1, -0.05) is 12.2 Å². The van der Waals surface area contributed by atoms with E-state index in [1.54, 1.807) is 13.0 Å². The van der Waals surface area contributed by atoms with Gasteiger partial charge in [0.2, 0.25) is 0 Å². The van der Waals surface area contributed by atoms with Crippen LogP contribution < -0.4 is 0 Å². The maximum absolute atomic E-state index is 12.2. The van der Waals surface area contributed by atoms with E-state index in [-0.39, 0.29) is 35.3 Å². The molecule has 29 heavy (non-hydrogen) atoms. The summed E-state index contributed by atoms with van der Waals surface area (Å²) >= 11 is 0. The molecule has 0 spiro atoms. The molecule has 8 nitrogen and oxygen atoms in total. The maximum atomic E-state index is 12.2. The average Bonchev–Trinajstić information content (AvgIpc) is 2.86. The van der Waals surface area contributed by atoms with Gasteiger partial charge in [-0.2, -0.15) is 0 Å². The van der Waals surface area contributed by atoms with Crippen LogP contribution >= 0.6 is 0 Å². The lowest BCUT2D eigenvalue weighted by Crippen LogP contribution is -2.32. The van der Waals surface area contributed by atoms with Gasteiger partial charge in [-0.05, 0) is 32.9 Å². The third-order valence-electron chi connectivity index (χ3n) is 4.47. The predicted molar refractivity (Wildman–Crippen MR) is 102 cm³/mol. The first kappa shape index (κ1) is 22.6. The summed E-state index contributed by atoms with van der Waals surface area (Å²) in [4.78, 5) is 35.9. The van der Waals surface area contributed by atoms with Crippen molar-refractivity contribution in [2.24, 2.45) is 0 Å². The molecule has 0 aromatic carbocycles. The minimum atomic E-state index is -1.52. The van der Waals surface area contributed by atoms with E-state index in [4.69, 9.17) is 14.2 Å². The molecule has 0 amide bonds. The van der Waals surface area contributed by atoms with Crippen molar-refractivity contribution in [1.29, 1.82) is 0 Å². The van der Waals surface area contributed by atoms with Gasteiger partial charge in [-0.25, -0.2) is 9.59 Å².